The molecule has 0 aliphatic heterocycles. The number of hydrogen-bond acceptors (Lipinski definition) is 3. The largest absolute Gasteiger partial charge is 0.496 e. The van der Waals surface area contributed by atoms with E-state index in [9.17, 15) is 4.39 Å². The Morgan fingerprint density at radius 1 is 1.32 bits per heavy atom. The molecule has 2 rings (SSSR count). The van der Waals surface area contributed by atoms with E-state index in [0.29, 0.717) is 5.82 Å². The molecule has 0 aliphatic rings. The minimum Gasteiger partial charge on any atom is -0.496 e. The Hall–Kier alpha value is -1.62. The minimum absolute atomic E-state index is 0.0107. The summed E-state index contributed by atoms with van der Waals surface area (Å²) >= 11 is 3.44. The Labute approximate surface area is 119 Å². The zero-order valence-electron chi connectivity index (χ0n) is 10.7. The number of anilines is 1. The van der Waals surface area contributed by atoms with E-state index >= 15 is 0 Å². The molecule has 0 radical (unpaired) electrons. The number of ether oxygens (including phenoxy) is 1. The molecule has 3 nitrogen and oxygen atoms in total. The first kappa shape index (κ1) is 13.8. The van der Waals surface area contributed by atoms with E-state index in [4.69, 9.17) is 4.74 Å². The Morgan fingerprint density at radius 2 is 2.11 bits per heavy atom. The van der Waals surface area contributed by atoms with Gasteiger partial charge in [-0.1, -0.05) is 12.1 Å². The third-order valence-corrected chi connectivity index (χ3v) is 3.38. The van der Waals surface area contributed by atoms with Gasteiger partial charge in [-0.2, -0.15) is 4.39 Å². The molecule has 1 aromatic heterocycles. The molecule has 1 aromatic carbocycles. The summed E-state index contributed by atoms with van der Waals surface area (Å²) in [6.07, 6.45) is 0. The standard InChI is InChI=1S/C14H14BrFN2O/c1-9(17-14-5-3-4-13(16)18-14)10-6-7-12(19-2)11(15)8-10/h3-9H,1-2H3,(H,17,18). The SMILES string of the molecule is COc1ccc(C(C)Nc2cccc(F)n2)cc1Br. The van der Waals surface area contributed by atoms with Crippen LogP contribution in [0.15, 0.2) is 40.9 Å². The third kappa shape index (κ3) is 3.44. The summed E-state index contributed by atoms with van der Waals surface area (Å²) in [4.78, 5) is 3.78. The molecule has 1 N–H and O–H groups in total. The molecule has 0 saturated carbocycles. The highest BCUT2D eigenvalue weighted by atomic mass is 79.9. The maximum atomic E-state index is 13.0. The van der Waals surface area contributed by atoms with Crippen molar-refractivity contribution >= 4 is 21.7 Å². The van der Waals surface area contributed by atoms with Gasteiger partial charge in [0.2, 0.25) is 5.95 Å². The number of pyridine rings is 1. The average molecular weight is 325 g/mol. The Kier molecular flexibility index (Phi) is 4.37. The number of nitrogens with one attached hydrogen (secondary N) is 1. The topological polar surface area (TPSA) is 34.1 Å². The van der Waals surface area contributed by atoms with Crippen molar-refractivity contribution in [3.63, 3.8) is 0 Å². The molecule has 1 atom stereocenters. The second kappa shape index (κ2) is 6.02. The highest BCUT2D eigenvalue weighted by Crippen LogP contribution is 2.29. The number of benzene rings is 1. The highest BCUT2D eigenvalue weighted by Gasteiger charge is 2.09. The zero-order chi connectivity index (χ0) is 13.8. The van der Waals surface area contributed by atoms with Crippen molar-refractivity contribution in [1.82, 2.24) is 4.98 Å². The van der Waals surface area contributed by atoms with Gasteiger partial charge in [-0.3, -0.25) is 0 Å². The molecular formula is C14H14BrFN2O. The van der Waals surface area contributed by atoms with Crippen molar-refractivity contribution in [2.45, 2.75) is 13.0 Å². The van der Waals surface area contributed by atoms with Crippen LogP contribution in [0.25, 0.3) is 0 Å². The summed E-state index contributed by atoms with van der Waals surface area (Å²) in [5.41, 5.74) is 1.05. The molecule has 1 unspecified atom stereocenters. The Balaban J connectivity index is 2.15. The molecule has 5 heteroatoms. The van der Waals surface area contributed by atoms with Gasteiger partial charge in [-0.25, -0.2) is 4.98 Å². The van der Waals surface area contributed by atoms with Crippen molar-refractivity contribution < 1.29 is 9.13 Å². The van der Waals surface area contributed by atoms with E-state index < -0.39 is 5.95 Å². The van der Waals surface area contributed by atoms with Crippen LogP contribution in [0.3, 0.4) is 0 Å². The van der Waals surface area contributed by atoms with Gasteiger partial charge in [0.25, 0.3) is 0 Å². The lowest BCUT2D eigenvalue weighted by molar-refractivity contribution is 0.412. The van der Waals surface area contributed by atoms with Crippen molar-refractivity contribution in [3.8, 4) is 5.75 Å². The van der Waals surface area contributed by atoms with Gasteiger partial charge in [-0.15, -0.1) is 0 Å². The number of hydrogen-bond donors (Lipinski definition) is 1. The smallest absolute Gasteiger partial charge is 0.214 e. The quantitative estimate of drug-likeness (QED) is 0.857. The van der Waals surface area contributed by atoms with Crippen LogP contribution < -0.4 is 10.1 Å². The highest BCUT2D eigenvalue weighted by molar-refractivity contribution is 9.10. The molecule has 0 spiro atoms. The first-order valence-electron chi connectivity index (χ1n) is 5.82. The molecule has 0 aliphatic carbocycles. The van der Waals surface area contributed by atoms with Crippen molar-refractivity contribution in [2.24, 2.45) is 0 Å². The van der Waals surface area contributed by atoms with E-state index in [-0.39, 0.29) is 6.04 Å². The molecule has 0 fully saturated rings. The van der Waals surface area contributed by atoms with Crippen LogP contribution in [0.2, 0.25) is 0 Å². The van der Waals surface area contributed by atoms with Gasteiger partial charge in [0.05, 0.1) is 11.6 Å². The second-order valence-electron chi connectivity index (χ2n) is 4.11. The lowest BCUT2D eigenvalue weighted by atomic mass is 10.1. The monoisotopic (exact) mass is 324 g/mol. The van der Waals surface area contributed by atoms with Gasteiger partial charge in [0.15, 0.2) is 0 Å². The number of nitrogens with zero attached hydrogens (tertiary/aromatic N) is 1. The van der Waals surface area contributed by atoms with Crippen molar-refractivity contribution in [3.05, 3.63) is 52.4 Å². The van der Waals surface area contributed by atoms with Crippen LogP contribution in [0.5, 0.6) is 5.75 Å². The molecule has 2 aromatic rings. The van der Waals surface area contributed by atoms with Gasteiger partial charge >= 0.3 is 0 Å². The number of rotatable bonds is 4. The van der Waals surface area contributed by atoms with Crippen LogP contribution in [-0.2, 0) is 0 Å². The number of methoxy groups -OCH3 is 1. The third-order valence-electron chi connectivity index (χ3n) is 2.76. The molecule has 0 saturated heterocycles. The minimum atomic E-state index is -0.492. The van der Waals surface area contributed by atoms with Crippen LogP contribution in [0, 0.1) is 5.95 Å². The van der Waals surface area contributed by atoms with Crippen LogP contribution in [-0.4, -0.2) is 12.1 Å². The molecule has 19 heavy (non-hydrogen) atoms. The summed E-state index contributed by atoms with van der Waals surface area (Å²) in [6, 6.07) is 10.5. The molecular weight excluding hydrogens is 311 g/mol. The predicted octanol–water partition coefficient (Wildman–Crippen LogP) is 4.16. The summed E-state index contributed by atoms with van der Waals surface area (Å²) in [7, 11) is 1.62. The fourth-order valence-corrected chi connectivity index (χ4v) is 2.30. The van der Waals surface area contributed by atoms with Crippen LogP contribution in [0.1, 0.15) is 18.5 Å². The van der Waals surface area contributed by atoms with Crippen LogP contribution in [0.4, 0.5) is 10.2 Å². The normalized spacial score (nSPS) is 12.0. The summed E-state index contributed by atoms with van der Waals surface area (Å²) in [5, 5.41) is 3.15. The van der Waals surface area contributed by atoms with E-state index in [1.54, 1.807) is 19.2 Å². The molecule has 0 amide bonds. The Bertz CT molecular complexity index is 577. The van der Waals surface area contributed by atoms with E-state index in [1.807, 2.05) is 25.1 Å². The lowest BCUT2D eigenvalue weighted by Gasteiger charge is -2.16. The molecule has 0 bridgehead atoms. The fraction of sp³-hybridized carbons (Fsp3) is 0.214. The number of halogens is 2. The van der Waals surface area contributed by atoms with E-state index in [0.717, 1.165) is 15.8 Å². The summed E-state index contributed by atoms with van der Waals surface area (Å²) in [5.74, 6) is 0.799. The van der Waals surface area contributed by atoms with Gasteiger partial charge < -0.3 is 10.1 Å². The first-order valence-corrected chi connectivity index (χ1v) is 6.62. The fourth-order valence-electron chi connectivity index (χ4n) is 1.75. The second-order valence-corrected chi connectivity index (χ2v) is 4.96. The summed E-state index contributed by atoms with van der Waals surface area (Å²) < 4.78 is 19.1. The lowest BCUT2D eigenvalue weighted by Crippen LogP contribution is -2.08. The Morgan fingerprint density at radius 3 is 2.74 bits per heavy atom. The van der Waals surface area contributed by atoms with Crippen molar-refractivity contribution in [2.75, 3.05) is 12.4 Å². The van der Waals surface area contributed by atoms with Gasteiger partial charge in [0.1, 0.15) is 11.6 Å². The van der Waals surface area contributed by atoms with Gasteiger partial charge in [-0.05, 0) is 52.7 Å². The maximum absolute atomic E-state index is 13.0. The van der Waals surface area contributed by atoms with E-state index in [1.165, 1.54) is 6.07 Å². The zero-order valence-corrected chi connectivity index (χ0v) is 12.2. The van der Waals surface area contributed by atoms with Crippen LogP contribution >= 0.6 is 15.9 Å². The van der Waals surface area contributed by atoms with Gasteiger partial charge in [0, 0.05) is 6.04 Å². The van der Waals surface area contributed by atoms with Crippen molar-refractivity contribution in [1.29, 1.82) is 0 Å². The maximum Gasteiger partial charge on any atom is 0.214 e. The summed E-state index contributed by atoms with van der Waals surface area (Å²) in [6.45, 7) is 1.99. The first-order chi connectivity index (χ1) is 9.10. The molecule has 1 heterocycles. The average Bonchev–Trinajstić information content (AvgIpc) is 2.38. The molecule has 100 valence electrons. The van der Waals surface area contributed by atoms with E-state index in [2.05, 4.69) is 26.2 Å². The predicted molar refractivity (Wildman–Crippen MR) is 76.9 cm³/mol. The number of aromatic nitrogens is 1.